The van der Waals surface area contributed by atoms with E-state index < -0.39 is 11.8 Å². The number of benzene rings is 2. The average Bonchev–Trinajstić information content (AvgIpc) is 3.01. The van der Waals surface area contributed by atoms with Crippen LogP contribution in [0.4, 0.5) is 5.69 Å². The predicted molar refractivity (Wildman–Crippen MR) is 137 cm³/mol. The van der Waals surface area contributed by atoms with Crippen molar-refractivity contribution in [1.82, 2.24) is 9.88 Å². The molecule has 2 amide bonds. The van der Waals surface area contributed by atoms with Crippen LogP contribution in [0.15, 0.2) is 48.0 Å². The van der Waals surface area contributed by atoms with E-state index in [1.54, 1.807) is 24.3 Å². The van der Waals surface area contributed by atoms with E-state index in [-0.39, 0.29) is 10.7 Å². The van der Waals surface area contributed by atoms with Gasteiger partial charge >= 0.3 is 0 Å². The summed E-state index contributed by atoms with van der Waals surface area (Å²) in [5.41, 5.74) is 7.41. The normalized spacial score (nSPS) is 15.4. The molecular formula is C26H24ClN3O2S. The van der Waals surface area contributed by atoms with Crippen molar-refractivity contribution in [2.75, 3.05) is 4.90 Å². The van der Waals surface area contributed by atoms with E-state index in [2.05, 4.69) is 41.9 Å². The number of hydrogen-bond donors (Lipinski definition) is 1. The Balaban J connectivity index is 1.80. The van der Waals surface area contributed by atoms with Crippen LogP contribution in [0.3, 0.4) is 0 Å². The third-order valence-corrected chi connectivity index (χ3v) is 6.64. The van der Waals surface area contributed by atoms with Gasteiger partial charge in [0.25, 0.3) is 11.8 Å². The highest BCUT2D eigenvalue weighted by molar-refractivity contribution is 7.80. The van der Waals surface area contributed by atoms with Crippen molar-refractivity contribution in [3.05, 3.63) is 86.7 Å². The monoisotopic (exact) mass is 477 g/mol. The molecule has 0 atom stereocenters. The summed E-state index contributed by atoms with van der Waals surface area (Å²) < 4.78 is 2.13. The van der Waals surface area contributed by atoms with Gasteiger partial charge in [-0.05, 0) is 93.9 Å². The highest BCUT2D eigenvalue weighted by Gasteiger charge is 2.35. The number of hydrogen-bond acceptors (Lipinski definition) is 3. The summed E-state index contributed by atoms with van der Waals surface area (Å²) in [5, 5.41) is 3.19. The molecule has 0 bridgehead atoms. The number of rotatable bonds is 3. The first-order valence-corrected chi connectivity index (χ1v) is 11.3. The number of nitrogens with one attached hydrogen (secondary N) is 1. The molecule has 0 spiro atoms. The zero-order valence-electron chi connectivity index (χ0n) is 19.1. The molecule has 7 heteroatoms. The van der Waals surface area contributed by atoms with E-state index in [1.165, 1.54) is 10.5 Å². The Morgan fingerprint density at radius 1 is 0.970 bits per heavy atom. The summed E-state index contributed by atoms with van der Waals surface area (Å²) >= 11 is 11.6. The van der Waals surface area contributed by atoms with Gasteiger partial charge in [-0.15, -0.1) is 0 Å². The van der Waals surface area contributed by atoms with Crippen LogP contribution in [0.2, 0.25) is 5.02 Å². The quantitative estimate of drug-likeness (QED) is 0.307. The molecule has 2 aromatic carbocycles. The maximum absolute atomic E-state index is 13.4. The van der Waals surface area contributed by atoms with E-state index in [1.807, 2.05) is 26.8 Å². The van der Waals surface area contributed by atoms with Crippen LogP contribution < -0.4 is 10.2 Å². The van der Waals surface area contributed by atoms with E-state index in [4.69, 9.17) is 23.8 Å². The molecule has 1 saturated heterocycles. The van der Waals surface area contributed by atoms with Crippen LogP contribution in [0.1, 0.15) is 33.6 Å². The SMILES string of the molecule is Cc1ccc(-n2c(C)cc(/C=C3\C(=O)NC(=S)N(c4cccc(Cl)c4C)C3=O)c2C)c(C)c1. The van der Waals surface area contributed by atoms with Crippen LogP contribution in [0.5, 0.6) is 0 Å². The molecule has 1 aliphatic rings. The number of aryl methyl sites for hydroxylation is 3. The van der Waals surface area contributed by atoms with E-state index >= 15 is 0 Å². The zero-order chi connectivity index (χ0) is 24.0. The van der Waals surface area contributed by atoms with E-state index in [0.717, 1.165) is 28.2 Å². The van der Waals surface area contributed by atoms with Gasteiger partial charge in [0.05, 0.1) is 5.69 Å². The van der Waals surface area contributed by atoms with Crippen molar-refractivity contribution in [2.24, 2.45) is 0 Å². The lowest BCUT2D eigenvalue weighted by molar-refractivity contribution is -0.122. The lowest BCUT2D eigenvalue weighted by Crippen LogP contribution is -2.54. The molecule has 1 N–H and O–H groups in total. The van der Waals surface area contributed by atoms with Crippen LogP contribution in [-0.4, -0.2) is 21.5 Å². The summed E-state index contributed by atoms with van der Waals surface area (Å²) in [4.78, 5) is 27.5. The molecule has 5 nitrogen and oxygen atoms in total. The molecule has 2 heterocycles. The Morgan fingerprint density at radius 2 is 1.70 bits per heavy atom. The molecule has 1 aromatic heterocycles. The second kappa shape index (κ2) is 8.61. The number of aromatic nitrogens is 1. The van der Waals surface area contributed by atoms with Gasteiger partial charge in [-0.25, -0.2) is 0 Å². The molecular weight excluding hydrogens is 454 g/mol. The van der Waals surface area contributed by atoms with Crippen LogP contribution in [0.25, 0.3) is 11.8 Å². The number of amides is 2. The second-order valence-electron chi connectivity index (χ2n) is 8.29. The van der Waals surface area contributed by atoms with Crippen LogP contribution in [0, 0.1) is 34.6 Å². The third kappa shape index (κ3) is 4.01. The van der Waals surface area contributed by atoms with Gasteiger partial charge in [-0.3, -0.25) is 19.8 Å². The standard InChI is InChI=1S/C26H24ClN3O2S/c1-14-9-10-22(15(2)11-14)29-16(3)12-19(18(29)5)13-20-24(31)28-26(33)30(25(20)32)23-8-6-7-21(27)17(23)4/h6-13H,1-5H3,(H,28,31,33)/b20-13+. The maximum atomic E-state index is 13.4. The Labute approximate surface area is 203 Å². The van der Waals surface area contributed by atoms with E-state index in [0.29, 0.717) is 16.3 Å². The summed E-state index contributed by atoms with van der Waals surface area (Å²) in [5.74, 6) is -0.998. The summed E-state index contributed by atoms with van der Waals surface area (Å²) in [6.45, 7) is 9.93. The molecule has 33 heavy (non-hydrogen) atoms. The fourth-order valence-electron chi connectivity index (χ4n) is 4.23. The predicted octanol–water partition coefficient (Wildman–Crippen LogP) is 5.50. The number of carbonyl (C=O) groups excluding carboxylic acids is 2. The minimum Gasteiger partial charge on any atom is -0.318 e. The Morgan fingerprint density at radius 3 is 2.39 bits per heavy atom. The van der Waals surface area contributed by atoms with Crippen LogP contribution in [-0.2, 0) is 9.59 Å². The Bertz CT molecular complexity index is 1370. The highest BCUT2D eigenvalue weighted by atomic mass is 35.5. The Kier molecular flexibility index (Phi) is 5.99. The average molecular weight is 478 g/mol. The molecule has 0 saturated carbocycles. The lowest BCUT2D eigenvalue weighted by Gasteiger charge is -2.30. The van der Waals surface area contributed by atoms with Crippen molar-refractivity contribution in [3.8, 4) is 5.69 Å². The van der Waals surface area contributed by atoms with Gasteiger partial charge in [-0.1, -0.05) is 35.4 Å². The molecule has 3 aromatic rings. The molecule has 1 aliphatic heterocycles. The number of halogens is 1. The summed E-state index contributed by atoms with van der Waals surface area (Å²) in [6.07, 6.45) is 1.63. The van der Waals surface area contributed by atoms with Gasteiger partial charge in [0.2, 0.25) is 0 Å². The third-order valence-electron chi connectivity index (χ3n) is 5.95. The van der Waals surface area contributed by atoms with Gasteiger partial charge in [0.15, 0.2) is 5.11 Å². The number of thiocarbonyl (C=S) groups is 1. The zero-order valence-corrected chi connectivity index (χ0v) is 20.7. The molecule has 1 fully saturated rings. The summed E-state index contributed by atoms with van der Waals surface area (Å²) in [7, 11) is 0. The minimum atomic E-state index is -0.516. The smallest absolute Gasteiger partial charge is 0.270 e. The molecule has 4 rings (SSSR count). The molecule has 0 aliphatic carbocycles. The maximum Gasteiger partial charge on any atom is 0.270 e. The first-order valence-electron chi connectivity index (χ1n) is 10.5. The van der Waals surface area contributed by atoms with Gasteiger partial charge in [0.1, 0.15) is 5.57 Å². The second-order valence-corrected chi connectivity index (χ2v) is 9.09. The molecule has 168 valence electrons. The fourth-order valence-corrected chi connectivity index (χ4v) is 4.67. The number of nitrogens with zero attached hydrogens (tertiary/aromatic N) is 2. The van der Waals surface area contributed by atoms with E-state index in [9.17, 15) is 9.59 Å². The van der Waals surface area contributed by atoms with Gasteiger partial charge in [-0.2, -0.15) is 0 Å². The fraction of sp³-hybridized carbons (Fsp3) is 0.192. The number of carbonyl (C=O) groups is 2. The van der Waals surface area contributed by atoms with Gasteiger partial charge < -0.3 is 4.57 Å². The minimum absolute atomic E-state index is 0.0175. The molecule has 0 radical (unpaired) electrons. The Hall–Kier alpha value is -3.22. The first kappa shape index (κ1) is 23.0. The lowest BCUT2D eigenvalue weighted by atomic mass is 10.1. The van der Waals surface area contributed by atoms with Crippen LogP contribution >= 0.6 is 23.8 Å². The largest absolute Gasteiger partial charge is 0.318 e. The summed E-state index contributed by atoms with van der Waals surface area (Å²) in [6, 6.07) is 13.5. The molecule has 0 unspecified atom stereocenters. The van der Waals surface area contributed by atoms with Crippen molar-refractivity contribution in [3.63, 3.8) is 0 Å². The van der Waals surface area contributed by atoms with Crippen molar-refractivity contribution in [2.45, 2.75) is 34.6 Å². The van der Waals surface area contributed by atoms with Crippen molar-refractivity contribution < 1.29 is 9.59 Å². The van der Waals surface area contributed by atoms with Crippen molar-refractivity contribution >= 4 is 52.5 Å². The van der Waals surface area contributed by atoms with Gasteiger partial charge in [0, 0.05) is 22.1 Å². The van der Waals surface area contributed by atoms with Crippen molar-refractivity contribution in [1.29, 1.82) is 0 Å². The highest BCUT2D eigenvalue weighted by Crippen LogP contribution is 2.31. The topological polar surface area (TPSA) is 54.3 Å². The first-order chi connectivity index (χ1) is 15.6. The number of anilines is 1.